The van der Waals surface area contributed by atoms with E-state index in [4.69, 9.17) is 5.73 Å². The summed E-state index contributed by atoms with van der Waals surface area (Å²) in [6.45, 7) is 3.94. The molecule has 3 nitrogen and oxygen atoms in total. The van der Waals surface area contributed by atoms with Crippen LogP contribution in [-0.2, 0) is 4.79 Å². The lowest BCUT2D eigenvalue weighted by Crippen LogP contribution is -2.47. The summed E-state index contributed by atoms with van der Waals surface area (Å²) in [5.74, 6) is 0.239. The van der Waals surface area contributed by atoms with Gasteiger partial charge in [-0.15, -0.1) is 12.4 Å². The van der Waals surface area contributed by atoms with Crippen LogP contribution < -0.4 is 11.1 Å². The molecule has 1 unspecified atom stereocenters. The van der Waals surface area contributed by atoms with Crippen LogP contribution in [-0.4, -0.2) is 18.0 Å². The molecule has 14 heavy (non-hydrogen) atoms. The number of amides is 1. The molecule has 0 bridgehead atoms. The molecule has 1 aliphatic rings. The summed E-state index contributed by atoms with van der Waals surface area (Å²) >= 11 is 0. The van der Waals surface area contributed by atoms with Crippen molar-refractivity contribution < 1.29 is 4.79 Å². The fraction of sp³-hybridized carbons (Fsp3) is 0.900. The molecule has 84 valence electrons. The van der Waals surface area contributed by atoms with E-state index in [2.05, 4.69) is 5.32 Å². The number of hydrogen-bond donors (Lipinski definition) is 2. The fourth-order valence-corrected chi connectivity index (χ4v) is 1.67. The molecule has 3 N–H and O–H groups in total. The molecule has 1 saturated carbocycles. The van der Waals surface area contributed by atoms with Crippen LogP contribution in [0.25, 0.3) is 0 Å². The van der Waals surface area contributed by atoms with E-state index >= 15 is 0 Å². The number of nitrogens with one attached hydrogen (secondary N) is 1. The first-order valence-corrected chi connectivity index (χ1v) is 5.17. The van der Waals surface area contributed by atoms with Crippen molar-refractivity contribution in [3.63, 3.8) is 0 Å². The highest BCUT2D eigenvalue weighted by Crippen LogP contribution is 2.17. The Bertz CT molecular complexity index is 179. The Hall–Kier alpha value is -0.280. The molecule has 1 fully saturated rings. The first kappa shape index (κ1) is 13.7. The molecule has 1 rings (SSSR count). The summed E-state index contributed by atoms with van der Waals surface area (Å²) in [4.78, 5) is 11.5. The van der Waals surface area contributed by atoms with Crippen molar-refractivity contribution in [1.82, 2.24) is 5.32 Å². The van der Waals surface area contributed by atoms with Crippen LogP contribution in [0.3, 0.4) is 0 Å². The average Bonchev–Trinajstić information content (AvgIpc) is 2.55. The third-order valence-electron chi connectivity index (χ3n) is 2.72. The van der Waals surface area contributed by atoms with Crippen LogP contribution in [0.4, 0.5) is 0 Å². The van der Waals surface area contributed by atoms with Crippen molar-refractivity contribution in [2.45, 2.75) is 51.6 Å². The molecule has 0 spiro atoms. The maximum atomic E-state index is 11.5. The predicted octanol–water partition coefficient (Wildman–Crippen LogP) is 1.45. The van der Waals surface area contributed by atoms with E-state index in [9.17, 15) is 4.79 Å². The van der Waals surface area contributed by atoms with Crippen molar-refractivity contribution in [2.24, 2.45) is 11.7 Å². The number of nitrogens with two attached hydrogens (primary N) is 1. The number of carbonyl (C=O) groups is 1. The molecule has 0 aromatic carbocycles. The zero-order valence-corrected chi connectivity index (χ0v) is 9.77. The van der Waals surface area contributed by atoms with Gasteiger partial charge in [-0.25, -0.2) is 0 Å². The lowest BCUT2D eigenvalue weighted by Gasteiger charge is -2.18. The largest absolute Gasteiger partial charge is 0.352 e. The van der Waals surface area contributed by atoms with Gasteiger partial charge in [0.05, 0.1) is 6.04 Å². The van der Waals surface area contributed by atoms with E-state index < -0.39 is 0 Å². The molecule has 1 atom stereocenters. The minimum atomic E-state index is -0.347. The van der Waals surface area contributed by atoms with E-state index in [1.807, 2.05) is 13.8 Å². The lowest BCUT2D eigenvalue weighted by molar-refractivity contribution is -0.123. The molecule has 4 heteroatoms. The van der Waals surface area contributed by atoms with Crippen molar-refractivity contribution in [1.29, 1.82) is 0 Å². The highest BCUT2D eigenvalue weighted by Gasteiger charge is 2.22. The van der Waals surface area contributed by atoms with Crippen molar-refractivity contribution in [3.05, 3.63) is 0 Å². The minimum Gasteiger partial charge on any atom is -0.352 e. The van der Waals surface area contributed by atoms with Gasteiger partial charge in [0.15, 0.2) is 0 Å². The normalized spacial score (nSPS) is 19.1. The maximum absolute atomic E-state index is 11.5. The second-order valence-electron chi connectivity index (χ2n) is 4.26. The second-order valence-corrected chi connectivity index (χ2v) is 4.26. The number of halogens is 1. The van der Waals surface area contributed by atoms with Crippen LogP contribution in [0.5, 0.6) is 0 Å². The standard InChI is InChI=1S/C10H20N2O.ClH/c1-7(2)9(11)10(13)12-8-5-3-4-6-8;/h7-9H,3-6,11H2,1-2H3,(H,12,13);1H. The molecule has 1 amide bonds. The zero-order chi connectivity index (χ0) is 9.84. The molecule has 0 saturated heterocycles. The summed E-state index contributed by atoms with van der Waals surface area (Å²) in [6, 6.07) is 0.0397. The predicted molar refractivity (Wildman–Crippen MR) is 60.5 cm³/mol. The average molecular weight is 221 g/mol. The van der Waals surface area contributed by atoms with Gasteiger partial charge in [-0.3, -0.25) is 4.79 Å². The van der Waals surface area contributed by atoms with Crippen LogP contribution in [0.15, 0.2) is 0 Å². The highest BCUT2D eigenvalue weighted by molar-refractivity contribution is 5.85. The van der Waals surface area contributed by atoms with Gasteiger partial charge in [-0.2, -0.15) is 0 Å². The monoisotopic (exact) mass is 220 g/mol. The van der Waals surface area contributed by atoms with Gasteiger partial charge in [-0.05, 0) is 18.8 Å². The molecular formula is C10H21ClN2O. The number of rotatable bonds is 3. The summed E-state index contributed by atoms with van der Waals surface area (Å²) in [6.07, 6.45) is 4.72. The Morgan fingerprint density at radius 3 is 2.29 bits per heavy atom. The summed E-state index contributed by atoms with van der Waals surface area (Å²) in [5.41, 5.74) is 5.73. The van der Waals surface area contributed by atoms with E-state index in [0.717, 1.165) is 12.8 Å². The van der Waals surface area contributed by atoms with Crippen molar-refractivity contribution in [3.8, 4) is 0 Å². The number of carbonyl (C=O) groups excluding carboxylic acids is 1. The maximum Gasteiger partial charge on any atom is 0.237 e. The Morgan fingerprint density at radius 1 is 1.36 bits per heavy atom. The van der Waals surface area contributed by atoms with Gasteiger partial charge in [0.1, 0.15) is 0 Å². The first-order valence-electron chi connectivity index (χ1n) is 5.17. The molecule has 0 aromatic heterocycles. The molecule has 0 radical (unpaired) electrons. The first-order chi connectivity index (χ1) is 6.11. The third kappa shape index (κ3) is 3.84. The Balaban J connectivity index is 0.00000169. The summed E-state index contributed by atoms with van der Waals surface area (Å²) in [5, 5.41) is 3.00. The minimum absolute atomic E-state index is 0. The highest BCUT2D eigenvalue weighted by atomic mass is 35.5. The van der Waals surface area contributed by atoms with Crippen LogP contribution >= 0.6 is 12.4 Å². The van der Waals surface area contributed by atoms with Crippen LogP contribution in [0.2, 0.25) is 0 Å². The van der Waals surface area contributed by atoms with Gasteiger partial charge in [0.25, 0.3) is 0 Å². The van der Waals surface area contributed by atoms with Crippen molar-refractivity contribution in [2.75, 3.05) is 0 Å². The van der Waals surface area contributed by atoms with Crippen molar-refractivity contribution >= 4 is 18.3 Å². The van der Waals surface area contributed by atoms with E-state index in [0.29, 0.717) is 6.04 Å². The van der Waals surface area contributed by atoms with Crippen LogP contribution in [0, 0.1) is 5.92 Å². The van der Waals surface area contributed by atoms with E-state index in [1.165, 1.54) is 12.8 Å². The molecule has 0 aromatic rings. The Kier molecular flexibility index (Phi) is 6.12. The fourth-order valence-electron chi connectivity index (χ4n) is 1.67. The second kappa shape index (κ2) is 6.25. The van der Waals surface area contributed by atoms with E-state index in [1.54, 1.807) is 0 Å². The van der Waals surface area contributed by atoms with Gasteiger partial charge >= 0.3 is 0 Å². The van der Waals surface area contributed by atoms with E-state index in [-0.39, 0.29) is 30.3 Å². The van der Waals surface area contributed by atoms with Gasteiger partial charge < -0.3 is 11.1 Å². The molecular weight excluding hydrogens is 200 g/mol. The summed E-state index contributed by atoms with van der Waals surface area (Å²) < 4.78 is 0. The zero-order valence-electron chi connectivity index (χ0n) is 8.95. The SMILES string of the molecule is CC(C)C(N)C(=O)NC1CCCC1.Cl. The summed E-state index contributed by atoms with van der Waals surface area (Å²) in [7, 11) is 0. The smallest absolute Gasteiger partial charge is 0.237 e. The number of hydrogen-bond acceptors (Lipinski definition) is 2. The van der Waals surface area contributed by atoms with Gasteiger partial charge in [-0.1, -0.05) is 26.7 Å². The molecule has 0 aliphatic heterocycles. The Morgan fingerprint density at radius 2 is 1.86 bits per heavy atom. The van der Waals surface area contributed by atoms with Gasteiger partial charge in [0, 0.05) is 6.04 Å². The van der Waals surface area contributed by atoms with Crippen LogP contribution in [0.1, 0.15) is 39.5 Å². The van der Waals surface area contributed by atoms with Gasteiger partial charge in [0.2, 0.25) is 5.91 Å². The third-order valence-corrected chi connectivity index (χ3v) is 2.72. The molecule has 0 heterocycles. The quantitative estimate of drug-likeness (QED) is 0.757. The molecule has 1 aliphatic carbocycles. The topological polar surface area (TPSA) is 55.1 Å². The lowest BCUT2D eigenvalue weighted by atomic mass is 10.0. The Labute approximate surface area is 92.2 Å².